The van der Waals surface area contributed by atoms with Crippen LogP contribution in [0.25, 0.3) is 0 Å². The summed E-state index contributed by atoms with van der Waals surface area (Å²) < 4.78 is 10.9. The summed E-state index contributed by atoms with van der Waals surface area (Å²) in [6.07, 6.45) is 6.14. The molecule has 0 saturated heterocycles. The van der Waals surface area contributed by atoms with E-state index in [1.165, 1.54) is 19.5 Å². The fraction of sp³-hybridized carbons (Fsp3) is 0.0833. The number of pyridine rings is 2. The van der Waals surface area contributed by atoms with E-state index in [9.17, 15) is 4.79 Å². The van der Waals surface area contributed by atoms with E-state index in [0.717, 1.165) is 4.47 Å². The summed E-state index contributed by atoms with van der Waals surface area (Å²) in [5.74, 6) is 0.534. The molecule has 0 bridgehead atoms. The van der Waals surface area contributed by atoms with Crippen molar-refractivity contribution in [3.05, 3.63) is 47.0 Å². The zero-order valence-electron chi connectivity index (χ0n) is 9.46. The number of carbonyl (C=O) groups is 1. The van der Waals surface area contributed by atoms with Crippen LogP contribution in [0, 0.1) is 0 Å². The predicted molar refractivity (Wildman–Crippen MR) is 67.6 cm³/mol. The molecule has 6 heteroatoms. The Morgan fingerprint density at radius 2 is 1.78 bits per heavy atom. The van der Waals surface area contributed by atoms with Gasteiger partial charge in [0.1, 0.15) is 11.5 Å². The predicted octanol–water partition coefficient (Wildman–Crippen LogP) is 2.82. The van der Waals surface area contributed by atoms with Crippen molar-refractivity contribution in [2.45, 2.75) is 0 Å². The minimum absolute atomic E-state index is 0.331. The van der Waals surface area contributed by atoms with Gasteiger partial charge in [-0.25, -0.2) is 4.79 Å². The highest BCUT2D eigenvalue weighted by molar-refractivity contribution is 9.10. The van der Waals surface area contributed by atoms with Gasteiger partial charge < -0.3 is 9.47 Å². The normalized spacial score (nSPS) is 9.89. The molecule has 0 fully saturated rings. The molecule has 0 N–H and O–H groups in total. The standard InChI is InChI=1S/C12H9BrN2O3/c1-17-12(16)8-2-10(6-14-4-8)18-11-3-9(13)5-15-7-11/h2-7H,1H3. The Labute approximate surface area is 112 Å². The maximum Gasteiger partial charge on any atom is 0.339 e. The number of hydrogen-bond donors (Lipinski definition) is 0. The van der Waals surface area contributed by atoms with Gasteiger partial charge in [-0.05, 0) is 28.1 Å². The molecule has 0 aliphatic carbocycles. The van der Waals surface area contributed by atoms with Gasteiger partial charge in [0.15, 0.2) is 0 Å². The van der Waals surface area contributed by atoms with Gasteiger partial charge >= 0.3 is 5.97 Å². The van der Waals surface area contributed by atoms with E-state index >= 15 is 0 Å². The summed E-state index contributed by atoms with van der Waals surface area (Å²) in [6, 6.07) is 3.32. The topological polar surface area (TPSA) is 61.3 Å². The zero-order valence-corrected chi connectivity index (χ0v) is 11.0. The van der Waals surface area contributed by atoms with Gasteiger partial charge in [-0.3, -0.25) is 9.97 Å². The Hall–Kier alpha value is -1.95. The fourth-order valence-electron chi connectivity index (χ4n) is 1.29. The Bertz CT molecular complexity index is 575. The molecule has 0 aromatic carbocycles. The fourth-order valence-corrected chi connectivity index (χ4v) is 1.63. The van der Waals surface area contributed by atoms with Crippen molar-refractivity contribution in [3.8, 4) is 11.5 Å². The molecule has 92 valence electrons. The lowest BCUT2D eigenvalue weighted by Gasteiger charge is -2.06. The Kier molecular flexibility index (Phi) is 3.88. The van der Waals surface area contributed by atoms with E-state index in [0.29, 0.717) is 17.1 Å². The van der Waals surface area contributed by atoms with Crippen LogP contribution in [0.4, 0.5) is 0 Å². The smallest absolute Gasteiger partial charge is 0.339 e. The zero-order chi connectivity index (χ0) is 13.0. The van der Waals surface area contributed by atoms with E-state index in [1.807, 2.05) is 0 Å². The monoisotopic (exact) mass is 308 g/mol. The highest BCUT2D eigenvalue weighted by Gasteiger charge is 2.07. The first-order valence-electron chi connectivity index (χ1n) is 5.01. The Balaban J connectivity index is 2.22. The molecule has 2 aromatic rings. The summed E-state index contributed by atoms with van der Waals surface area (Å²) in [4.78, 5) is 19.2. The molecule has 2 heterocycles. The van der Waals surface area contributed by atoms with Crippen molar-refractivity contribution in [2.75, 3.05) is 7.11 Å². The molecule has 0 saturated carbocycles. The van der Waals surface area contributed by atoms with Crippen LogP contribution in [0.2, 0.25) is 0 Å². The first-order chi connectivity index (χ1) is 8.69. The third-order valence-corrected chi connectivity index (χ3v) is 2.48. The van der Waals surface area contributed by atoms with Crippen LogP contribution in [0.5, 0.6) is 11.5 Å². The SMILES string of the molecule is COC(=O)c1cncc(Oc2cncc(Br)c2)c1. The molecule has 0 radical (unpaired) electrons. The molecule has 2 aromatic heterocycles. The molecule has 0 atom stereocenters. The van der Waals surface area contributed by atoms with Crippen LogP contribution in [0.15, 0.2) is 41.4 Å². The van der Waals surface area contributed by atoms with E-state index in [-0.39, 0.29) is 0 Å². The van der Waals surface area contributed by atoms with Crippen LogP contribution in [-0.4, -0.2) is 23.0 Å². The molecule has 0 spiro atoms. The molecular formula is C12H9BrN2O3. The first-order valence-corrected chi connectivity index (χ1v) is 5.80. The molecule has 0 amide bonds. The van der Waals surface area contributed by atoms with Crippen LogP contribution in [-0.2, 0) is 4.74 Å². The lowest BCUT2D eigenvalue weighted by atomic mass is 10.3. The molecule has 0 unspecified atom stereocenters. The molecular weight excluding hydrogens is 300 g/mol. The van der Waals surface area contributed by atoms with Gasteiger partial charge in [0, 0.05) is 16.9 Å². The van der Waals surface area contributed by atoms with Crippen molar-refractivity contribution in [2.24, 2.45) is 0 Å². The summed E-state index contributed by atoms with van der Waals surface area (Å²) in [5.41, 5.74) is 0.331. The van der Waals surface area contributed by atoms with Gasteiger partial charge in [0.2, 0.25) is 0 Å². The lowest BCUT2D eigenvalue weighted by Crippen LogP contribution is -2.01. The number of esters is 1. The molecule has 0 aliphatic heterocycles. The van der Waals surface area contributed by atoms with E-state index in [1.54, 1.807) is 24.5 Å². The van der Waals surface area contributed by atoms with Gasteiger partial charge in [-0.15, -0.1) is 0 Å². The number of methoxy groups -OCH3 is 1. The highest BCUT2D eigenvalue weighted by Crippen LogP contribution is 2.23. The minimum atomic E-state index is -0.458. The van der Waals surface area contributed by atoms with Crippen molar-refractivity contribution in [1.82, 2.24) is 9.97 Å². The third kappa shape index (κ3) is 3.04. The number of halogens is 1. The van der Waals surface area contributed by atoms with Crippen LogP contribution in [0.3, 0.4) is 0 Å². The number of ether oxygens (including phenoxy) is 2. The molecule has 2 rings (SSSR count). The lowest BCUT2D eigenvalue weighted by molar-refractivity contribution is 0.0600. The molecule has 0 aliphatic rings. The summed E-state index contributed by atoms with van der Waals surface area (Å²) in [6.45, 7) is 0. The van der Waals surface area contributed by atoms with Crippen molar-refractivity contribution in [3.63, 3.8) is 0 Å². The Morgan fingerprint density at radius 1 is 1.11 bits per heavy atom. The average Bonchev–Trinajstić information content (AvgIpc) is 2.38. The number of nitrogens with zero attached hydrogens (tertiary/aromatic N) is 2. The second-order valence-corrected chi connectivity index (χ2v) is 4.26. The van der Waals surface area contributed by atoms with Crippen LogP contribution >= 0.6 is 15.9 Å². The van der Waals surface area contributed by atoms with Crippen molar-refractivity contribution in [1.29, 1.82) is 0 Å². The Morgan fingerprint density at radius 3 is 2.44 bits per heavy atom. The maximum atomic E-state index is 11.3. The molecule has 5 nitrogen and oxygen atoms in total. The van der Waals surface area contributed by atoms with Gasteiger partial charge in [0.25, 0.3) is 0 Å². The largest absolute Gasteiger partial charge is 0.465 e. The highest BCUT2D eigenvalue weighted by atomic mass is 79.9. The number of hydrogen-bond acceptors (Lipinski definition) is 5. The second kappa shape index (κ2) is 5.59. The maximum absolute atomic E-state index is 11.3. The van der Waals surface area contributed by atoms with Gasteiger partial charge in [-0.2, -0.15) is 0 Å². The minimum Gasteiger partial charge on any atom is -0.465 e. The second-order valence-electron chi connectivity index (χ2n) is 3.34. The summed E-state index contributed by atoms with van der Waals surface area (Å²) >= 11 is 3.29. The van der Waals surface area contributed by atoms with Crippen molar-refractivity contribution < 1.29 is 14.3 Å². The van der Waals surface area contributed by atoms with Crippen LogP contribution < -0.4 is 4.74 Å². The number of rotatable bonds is 3. The molecule has 18 heavy (non-hydrogen) atoms. The summed E-state index contributed by atoms with van der Waals surface area (Å²) in [7, 11) is 1.31. The van der Waals surface area contributed by atoms with E-state index in [4.69, 9.17) is 4.74 Å². The van der Waals surface area contributed by atoms with Crippen LogP contribution in [0.1, 0.15) is 10.4 Å². The number of aromatic nitrogens is 2. The average molecular weight is 309 g/mol. The third-order valence-electron chi connectivity index (χ3n) is 2.05. The number of carbonyl (C=O) groups excluding carboxylic acids is 1. The van der Waals surface area contributed by atoms with E-state index < -0.39 is 5.97 Å². The summed E-state index contributed by atoms with van der Waals surface area (Å²) in [5, 5.41) is 0. The van der Waals surface area contributed by atoms with Gasteiger partial charge in [-0.1, -0.05) is 0 Å². The first kappa shape index (κ1) is 12.5. The van der Waals surface area contributed by atoms with Crippen molar-refractivity contribution >= 4 is 21.9 Å². The van der Waals surface area contributed by atoms with Gasteiger partial charge in [0.05, 0.1) is 25.1 Å². The van der Waals surface area contributed by atoms with E-state index in [2.05, 4.69) is 30.6 Å². The quantitative estimate of drug-likeness (QED) is 0.816.